The van der Waals surface area contributed by atoms with E-state index in [1.165, 1.54) is 6.39 Å². The molecule has 1 N–H and O–H groups in total. The van der Waals surface area contributed by atoms with Crippen molar-refractivity contribution in [3.8, 4) is 0 Å². The summed E-state index contributed by atoms with van der Waals surface area (Å²) in [5.74, 6) is 2.38. The molecule has 0 aromatic carbocycles. The molecule has 7 heteroatoms. The highest BCUT2D eigenvalue weighted by atomic mass is 35.5. The maximum absolute atomic E-state index is 6.11. The second-order valence-electron chi connectivity index (χ2n) is 4.53. The zero-order valence-corrected chi connectivity index (χ0v) is 11.9. The van der Waals surface area contributed by atoms with E-state index < -0.39 is 0 Å². The highest BCUT2D eigenvalue weighted by Gasteiger charge is 2.11. The predicted octanol–water partition coefficient (Wildman–Crippen LogP) is 2.60. The van der Waals surface area contributed by atoms with Gasteiger partial charge in [0, 0.05) is 24.4 Å². The van der Waals surface area contributed by atoms with Gasteiger partial charge in [-0.15, -0.1) is 0 Å². The number of halogens is 1. The summed E-state index contributed by atoms with van der Waals surface area (Å²) in [7, 11) is 0. The second-order valence-corrected chi connectivity index (χ2v) is 4.88. The molecular weight excluding hydrogens is 266 g/mol. The Morgan fingerprint density at radius 2 is 2.16 bits per heavy atom. The van der Waals surface area contributed by atoms with Crippen LogP contribution >= 0.6 is 11.6 Å². The summed E-state index contributed by atoms with van der Waals surface area (Å²) in [6.45, 7) is 6.61. The van der Waals surface area contributed by atoms with E-state index in [9.17, 15) is 0 Å². The average Bonchev–Trinajstić information content (AvgIpc) is 2.87. The Morgan fingerprint density at radius 3 is 2.79 bits per heavy atom. The number of hydrogen-bond donors (Lipinski definition) is 1. The zero-order valence-electron chi connectivity index (χ0n) is 11.1. The molecule has 102 valence electrons. The molecule has 2 heterocycles. The zero-order chi connectivity index (χ0) is 13.8. The van der Waals surface area contributed by atoms with Gasteiger partial charge in [-0.2, -0.15) is 4.98 Å². The molecule has 2 aromatic heterocycles. The monoisotopic (exact) mass is 281 g/mol. The lowest BCUT2D eigenvalue weighted by atomic mass is 10.2. The van der Waals surface area contributed by atoms with Crippen molar-refractivity contribution in [2.45, 2.75) is 33.1 Å². The summed E-state index contributed by atoms with van der Waals surface area (Å²) >= 11 is 6.11. The summed E-state index contributed by atoms with van der Waals surface area (Å²) in [6.07, 6.45) is 1.98. The summed E-state index contributed by atoms with van der Waals surface area (Å²) in [5.41, 5.74) is 0.846. The molecule has 0 unspecified atom stereocenters. The lowest BCUT2D eigenvalue weighted by Gasteiger charge is -2.12. The van der Waals surface area contributed by atoms with Gasteiger partial charge in [-0.3, -0.25) is 0 Å². The summed E-state index contributed by atoms with van der Waals surface area (Å²) in [4.78, 5) is 12.7. The minimum absolute atomic E-state index is 0.232. The Bertz CT molecular complexity index is 541. The first kappa shape index (κ1) is 13.7. The van der Waals surface area contributed by atoms with Crippen LogP contribution in [0, 0.1) is 6.92 Å². The van der Waals surface area contributed by atoms with Crippen LogP contribution in [-0.2, 0) is 6.42 Å². The molecule has 0 bridgehead atoms. The number of anilines is 1. The predicted molar refractivity (Wildman–Crippen MR) is 72.4 cm³/mol. The minimum Gasteiger partial charge on any atom is -0.369 e. The second kappa shape index (κ2) is 5.97. The standard InChI is InChI=1S/C12H16ClN5O/c1-7(2)11-16-10(13)8(3)12(17-11)14-5-4-9-15-6-19-18-9/h6-7H,4-5H2,1-3H3,(H,14,16,17). The van der Waals surface area contributed by atoms with E-state index in [-0.39, 0.29) is 5.92 Å². The van der Waals surface area contributed by atoms with Gasteiger partial charge < -0.3 is 9.84 Å². The lowest BCUT2D eigenvalue weighted by molar-refractivity contribution is 0.410. The number of rotatable bonds is 5. The smallest absolute Gasteiger partial charge is 0.213 e. The third-order valence-corrected chi connectivity index (χ3v) is 3.04. The first-order valence-corrected chi connectivity index (χ1v) is 6.49. The summed E-state index contributed by atoms with van der Waals surface area (Å²) in [6, 6.07) is 0. The molecule has 0 aliphatic rings. The maximum Gasteiger partial charge on any atom is 0.213 e. The van der Waals surface area contributed by atoms with Gasteiger partial charge >= 0.3 is 0 Å². The third kappa shape index (κ3) is 3.41. The van der Waals surface area contributed by atoms with Crippen molar-refractivity contribution in [1.29, 1.82) is 0 Å². The van der Waals surface area contributed by atoms with E-state index in [0.29, 0.717) is 23.9 Å². The van der Waals surface area contributed by atoms with Crippen LogP contribution in [0.3, 0.4) is 0 Å². The van der Waals surface area contributed by atoms with Gasteiger partial charge in [0.2, 0.25) is 6.39 Å². The van der Waals surface area contributed by atoms with Crippen LogP contribution in [0.2, 0.25) is 5.15 Å². The lowest BCUT2D eigenvalue weighted by Crippen LogP contribution is -2.11. The van der Waals surface area contributed by atoms with Crippen LogP contribution in [0.4, 0.5) is 5.82 Å². The average molecular weight is 282 g/mol. The normalized spacial score (nSPS) is 11.0. The van der Waals surface area contributed by atoms with E-state index in [2.05, 4.69) is 29.9 Å². The quantitative estimate of drug-likeness (QED) is 0.849. The number of hydrogen-bond acceptors (Lipinski definition) is 6. The largest absolute Gasteiger partial charge is 0.369 e. The van der Waals surface area contributed by atoms with Gasteiger partial charge in [-0.05, 0) is 6.92 Å². The van der Waals surface area contributed by atoms with Crippen molar-refractivity contribution >= 4 is 17.4 Å². The molecule has 2 aromatic rings. The molecule has 0 amide bonds. The molecule has 0 aliphatic carbocycles. The van der Waals surface area contributed by atoms with Crippen LogP contribution in [0.5, 0.6) is 0 Å². The minimum atomic E-state index is 0.232. The van der Waals surface area contributed by atoms with Crippen molar-refractivity contribution in [2.75, 3.05) is 11.9 Å². The van der Waals surface area contributed by atoms with Gasteiger partial charge in [0.1, 0.15) is 16.8 Å². The van der Waals surface area contributed by atoms with Crippen molar-refractivity contribution in [2.24, 2.45) is 0 Å². The number of nitrogens with zero attached hydrogens (tertiary/aromatic N) is 4. The van der Waals surface area contributed by atoms with Gasteiger partial charge in [-0.1, -0.05) is 30.6 Å². The van der Waals surface area contributed by atoms with Crippen molar-refractivity contribution < 1.29 is 4.52 Å². The Morgan fingerprint density at radius 1 is 1.37 bits per heavy atom. The summed E-state index contributed by atoms with van der Waals surface area (Å²) in [5, 5.41) is 7.47. The molecular formula is C12H16ClN5O. The molecule has 19 heavy (non-hydrogen) atoms. The molecule has 0 saturated heterocycles. The number of aromatic nitrogens is 4. The Labute approximate surface area is 116 Å². The van der Waals surface area contributed by atoms with E-state index in [0.717, 1.165) is 17.2 Å². The topological polar surface area (TPSA) is 76.7 Å². The fraction of sp³-hybridized carbons (Fsp3) is 0.500. The van der Waals surface area contributed by atoms with Gasteiger partial charge in [0.25, 0.3) is 0 Å². The Kier molecular flexibility index (Phi) is 4.31. The van der Waals surface area contributed by atoms with Gasteiger partial charge in [-0.25, -0.2) is 9.97 Å². The fourth-order valence-electron chi connectivity index (χ4n) is 1.53. The highest BCUT2D eigenvalue weighted by molar-refractivity contribution is 6.30. The Hall–Kier alpha value is -1.69. The molecule has 0 spiro atoms. The van der Waals surface area contributed by atoms with Gasteiger partial charge in [0.15, 0.2) is 5.82 Å². The van der Waals surface area contributed by atoms with Crippen molar-refractivity contribution in [3.05, 3.63) is 28.8 Å². The molecule has 0 radical (unpaired) electrons. The molecule has 0 saturated carbocycles. The van der Waals surface area contributed by atoms with E-state index in [1.807, 2.05) is 20.8 Å². The maximum atomic E-state index is 6.11. The van der Waals surface area contributed by atoms with E-state index in [1.54, 1.807) is 0 Å². The van der Waals surface area contributed by atoms with Crippen LogP contribution < -0.4 is 5.32 Å². The number of nitrogens with one attached hydrogen (secondary N) is 1. The van der Waals surface area contributed by atoms with Crippen molar-refractivity contribution in [1.82, 2.24) is 20.1 Å². The molecule has 2 rings (SSSR count). The Balaban J connectivity index is 2.06. The fourth-order valence-corrected chi connectivity index (χ4v) is 1.71. The highest BCUT2D eigenvalue weighted by Crippen LogP contribution is 2.22. The van der Waals surface area contributed by atoms with Crippen molar-refractivity contribution in [3.63, 3.8) is 0 Å². The van der Waals surface area contributed by atoms with E-state index in [4.69, 9.17) is 11.6 Å². The molecule has 0 fully saturated rings. The van der Waals surface area contributed by atoms with Crippen LogP contribution in [0.25, 0.3) is 0 Å². The first-order valence-electron chi connectivity index (χ1n) is 6.11. The van der Waals surface area contributed by atoms with Crippen LogP contribution in [0.15, 0.2) is 10.9 Å². The molecule has 0 aliphatic heterocycles. The SMILES string of the molecule is Cc1c(Cl)nc(C(C)C)nc1NCCc1ncon1. The molecule has 0 atom stereocenters. The molecule has 6 nitrogen and oxygen atoms in total. The summed E-state index contributed by atoms with van der Waals surface area (Å²) < 4.78 is 4.68. The third-order valence-electron chi connectivity index (χ3n) is 2.67. The van der Waals surface area contributed by atoms with Crippen LogP contribution in [-0.4, -0.2) is 26.7 Å². The van der Waals surface area contributed by atoms with Gasteiger partial charge in [0.05, 0.1) is 0 Å². The van der Waals surface area contributed by atoms with Crippen LogP contribution in [0.1, 0.15) is 37.0 Å². The first-order chi connectivity index (χ1) is 9.08. The van der Waals surface area contributed by atoms with E-state index >= 15 is 0 Å².